The van der Waals surface area contributed by atoms with E-state index in [1.165, 1.54) is 70.8 Å². The highest BCUT2D eigenvalue weighted by Crippen LogP contribution is 2.22. The molecule has 0 aliphatic heterocycles. The number of unbranched alkanes of at least 4 members (excludes halogenated alkanes) is 9. The van der Waals surface area contributed by atoms with E-state index in [1.807, 2.05) is 0 Å². The largest absolute Gasteiger partial charge is 0.478 e. The number of carboxylic acids is 1. The number of hydrogen-bond donors (Lipinski definition) is 1. The third-order valence-electron chi connectivity index (χ3n) is 4.53. The summed E-state index contributed by atoms with van der Waals surface area (Å²) >= 11 is 0. The molecule has 0 heterocycles. The molecule has 0 atom stereocenters. The van der Waals surface area contributed by atoms with Crippen LogP contribution < -0.4 is 0 Å². The van der Waals surface area contributed by atoms with Crippen LogP contribution in [0.15, 0.2) is 18.2 Å². The first-order valence-corrected chi connectivity index (χ1v) is 10.5. The molecule has 0 aromatic heterocycles. The third-order valence-corrected chi connectivity index (χ3v) is 4.53. The molecule has 0 saturated carbocycles. The van der Waals surface area contributed by atoms with E-state index in [0.29, 0.717) is 6.07 Å². The van der Waals surface area contributed by atoms with Crippen molar-refractivity contribution in [3.63, 3.8) is 0 Å². The monoisotopic (exact) mass is 425 g/mol. The van der Waals surface area contributed by atoms with Crippen LogP contribution in [0.25, 0.3) is 0 Å². The van der Waals surface area contributed by atoms with E-state index in [0.717, 1.165) is 12.1 Å². The molecule has 30 heavy (non-hydrogen) atoms. The van der Waals surface area contributed by atoms with E-state index in [1.54, 1.807) is 0 Å². The maximum absolute atomic E-state index is 10.5. The van der Waals surface area contributed by atoms with Gasteiger partial charge in [-0.15, -0.1) is 0 Å². The topological polar surface area (TPSA) is 127 Å². The van der Waals surface area contributed by atoms with Crippen molar-refractivity contribution in [3.8, 4) is 0 Å². The van der Waals surface area contributed by atoms with E-state index in [9.17, 15) is 25.0 Å². The lowest BCUT2D eigenvalue weighted by Gasteiger charge is -2.08. The number of non-ortho nitro benzene ring substituents is 2. The van der Waals surface area contributed by atoms with Gasteiger partial charge >= 0.3 is 5.97 Å². The van der Waals surface area contributed by atoms with Gasteiger partial charge in [-0.2, -0.15) is 0 Å². The first kappa shape index (κ1) is 27.5. The second-order valence-electron chi connectivity index (χ2n) is 7.54. The maximum Gasteiger partial charge on any atom is 0.336 e. The highest BCUT2D eigenvalue weighted by molar-refractivity contribution is 5.89. The Morgan fingerprint density at radius 3 is 1.57 bits per heavy atom. The number of nitro groups is 2. The Morgan fingerprint density at radius 1 is 0.833 bits per heavy atom. The van der Waals surface area contributed by atoms with Crippen molar-refractivity contribution in [2.24, 2.45) is 0 Å². The predicted octanol–water partition coefficient (Wildman–Crippen LogP) is 5.67. The minimum atomic E-state index is -1.46. The molecule has 9 heteroatoms. The van der Waals surface area contributed by atoms with Crippen molar-refractivity contribution in [1.82, 2.24) is 4.90 Å². The van der Waals surface area contributed by atoms with Gasteiger partial charge in [0.15, 0.2) is 0 Å². The second kappa shape index (κ2) is 16.3. The Morgan fingerprint density at radius 2 is 1.23 bits per heavy atom. The van der Waals surface area contributed by atoms with E-state index >= 15 is 0 Å². The SMILES string of the molecule is CCCCCCCCCCCCN(C)C.O=C(O)c1cc([N+](=O)[O-])cc([N+](=O)[O-])c1. The van der Waals surface area contributed by atoms with Crippen LogP contribution in [-0.4, -0.2) is 46.5 Å². The Hall–Kier alpha value is -2.55. The molecule has 170 valence electrons. The summed E-state index contributed by atoms with van der Waals surface area (Å²) in [5, 5.41) is 29.2. The Labute approximate surface area is 178 Å². The zero-order valence-electron chi connectivity index (χ0n) is 18.3. The van der Waals surface area contributed by atoms with Crippen molar-refractivity contribution >= 4 is 17.3 Å². The normalized spacial score (nSPS) is 10.4. The average molecular weight is 426 g/mol. The van der Waals surface area contributed by atoms with Crippen LogP contribution in [0.4, 0.5) is 11.4 Å². The molecule has 1 aromatic rings. The van der Waals surface area contributed by atoms with Crippen molar-refractivity contribution in [2.75, 3.05) is 20.6 Å². The van der Waals surface area contributed by atoms with Gasteiger partial charge in [0, 0.05) is 12.1 Å². The standard InChI is InChI=1S/C14H31N.C7H4N2O6/c1-4-5-6-7-8-9-10-11-12-13-14-15(2)3;10-7(11)4-1-5(8(12)13)3-6(2-4)9(14)15/h4-14H2,1-3H3;1-3H,(H,10,11). The molecular formula is C21H35N3O6. The van der Waals surface area contributed by atoms with Gasteiger partial charge in [0.2, 0.25) is 0 Å². The highest BCUT2D eigenvalue weighted by Gasteiger charge is 2.19. The van der Waals surface area contributed by atoms with Crippen molar-refractivity contribution in [2.45, 2.75) is 71.1 Å². The van der Waals surface area contributed by atoms with Crippen molar-refractivity contribution in [3.05, 3.63) is 44.0 Å². The summed E-state index contributed by atoms with van der Waals surface area (Å²) < 4.78 is 0. The van der Waals surface area contributed by atoms with E-state index < -0.39 is 32.8 Å². The molecule has 0 saturated heterocycles. The van der Waals surface area contributed by atoms with Gasteiger partial charge in [-0.05, 0) is 27.1 Å². The summed E-state index contributed by atoms with van der Waals surface area (Å²) in [7, 11) is 4.32. The fraction of sp³-hybridized carbons (Fsp3) is 0.667. The molecule has 1 rings (SSSR count). The smallest absolute Gasteiger partial charge is 0.336 e. The number of rotatable bonds is 14. The molecule has 0 bridgehead atoms. The van der Waals surface area contributed by atoms with Crippen LogP contribution in [0, 0.1) is 20.2 Å². The molecular weight excluding hydrogens is 390 g/mol. The maximum atomic E-state index is 10.5. The number of hydrogen-bond acceptors (Lipinski definition) is 6. The van der Waals surface area contributed by atoms with Gasteiger partial charge < -0.3 is 10.0 Å². The second-order valence-corrected chi connectivity index (χ2v) is 7.54. The number of carboxylic acid groups (broad SMARTS) is 1. The minimum absolute atomic E-state index is 0.490. The third kappa shape index (κ3) is 13.6. The summed E-state index contributed by atoms with van der Waals surface area (Å²) in [6.45, 7) is 3.54. The quantitative estimate of drug-likeness (QED) is 0.231. The first-order chi connectivity index (χ1) is 14.2. The van der Waals surface area contributed by atoms with Gasteiger partial charge in [0.25, 0.3) is 11.4 Å². The lowest BCUT2D eigenvalue weighted by Crippen LogP contribution is -2.12. The zero-order chi connectivity index (χ0) is 22.9. The summed E-state index contributed by atoms with van der Waals surface area (Å²) in [4.78, 5) is 31.7. The Bertz CT molecular complexity index is 585. The van der Waals surface area contributed by atoms with E-state index in [-0.39, 0.29) is 0 Å². The summed E-state index contributed by atoms with van der Waals surface area (Å²) in [5.74, 6) is -1.46. The molecule has 0 aliphatic rings. The fourth-order valence-corrected chi connectivity index (χ4v) is 2.84. The molecule has 1 aromatic carbocycles. The zero-order valence-corrected chi connectivity index (χ0v) is 18.3. The van der Waals surface area contributed by atoms with Gasteiger partial charge in [-0.25, -0.2) is 4.79 Å². The lowest BCUT2D eigenvalue weighted by atomic mass is 10.1. The predicted molar refractivity (Wildman–Crippen MR) is 117 cm³/mol. The van der Waals surface area contributed by atoms with Crippen molar-refractivity contribution < 1.29 is 19.7 Å². The lowest BCUT2D eigenvalue weighted by molar-refractivity contribution is -0.394. The first-order valence-electron chi connectivity index (χ1n) is 10.5. The molecule has 0 fully saturated rings. The van der Waals surface area contributed by atoms with E-state index in [4.69, 9.17) is 5.11 Å². The van der Waals surface area contributed by atoms with E-state index in [2.05, 4.69) is 25.9 Å². The number of carbonyl (C=O) groups is 1. The molecule has 0 amide bonds. The Kier molecular flexibility index (Phi) is 14.9. The minimum Gasteiger partial charge on any atom is -0.478 e. The fourth-order valence-electron chi connectivity index (χ4n) is 2.84. The van der Waals surface area contributed by atoms with Gasteiger partial charge in [-0.1, -0.05) is 64.7 Å². The molecule has 0 unspecified atom stereocenters. The van der Waals surface area contributed by atoms with Gasteiger partial charge in [0.1, 0.15) is 0 Å². The van der Waals surface area contributed by atoms with Crippen LogP contribution in [0.5, 0.6) is 0 Å². The highest BCUT2D eigenvalue weighted by atomic mass is 16.6. The number of aromatic carboxylic acids is 1. The molecule has 1 N–H and O–H groups in total. The van der Waals surface area contributed by atoms with Crippen LogP contribution in [0.3, 0.4) is 0 Å². The Balaban J connectivity index is 0.000000561. The van der Waals surface area contributed by atoms with Crippen LogP contribution in [0.1, 0.15) is 81.5 Å². The van der Waals surface area contributed by atoms with Crippen molar-refractivity contribution in [1.29, 1.82) is 0 Å². The number of benzene rings is 1. The summed E-state index contributed by atoms with van der Waals surface area (Å²) in [5.41, 5.74) is -1.74. The number of nitrogens with zero attached hydrogens (tertiary/aromatic N) is 3. The summed E-state index contributed by atoms with van der Waals surface area (Å²) in [6.07, 6.45) is 14.4. The van der Waals surface area contributed by atoms with Crippen LogP contribution in [0.2, 0.25) is 0 Å². The van der Waals surface area contributed by atoms with Gasteiger partial charge in [0.05, 0.1) is 21.5 Å². The van der Waals surface area contributed by atoms with Gasteiger partial charge in [-0.3, -0.25) is 20.2 Å². The van der Waals surface area contributed by atoms with Crippen LogP contribution >= 0.6 is 0 Å². The molecule has 0 spiro atoms. The van der Waals surface area contributed by atoms with Crippen LogP contribution in [-0.2, 0) is 0 Å². The number of nitro benzene ring substituents is 2. The molecule has 0 aliphatic carbocycles. The molecule has 9 nitrogen and oxygen atoms in total. The average Bonchev–Trinajstić information content (AvgIpc) is 2.69. The summed E-state index contributed by atoms with van der Waals surface area (Å²) in [6, 6.07) is 2.22. The molecule has 0 radical (unpaired) electrons.